The number of aliphatic imine (C=N–C) groups is 1. The van der Waals surface area contributed by atoms with Crippen molar-refractivity contribution in [3.05, 3.63) is 65.7 Å². The largest absolute Gasteiger partial charge is 0.357 e. The molecule has 1 fully saturated rings. The summed E-state index contributed by atoms with van der Waals surface area (Å²) in [6.45, 7) is 3.86. The van der Waals surface area contributed by atoms with E-state index >= 15 is 0 Å². The van der Waals surface area contributed by atoms with E-state index in [1.54, 1.807) is 26.2 Å². The summed E-state index contributed by atoms with van der Waals surface area (Å²) in [6, 6.07) is 17.7. The van der Waals surface area contributed by atoms with Crippen LogP contribution in [0.25, 0.3) is 0 Å². The van der Waals surface area contributed by atoms with Gasteiger partial charge in [-0.05, 0) is 37.0 Å². The Bertz CT molecular complexity index is 974. The van der Waals surface area contributed by atoms with Crippen molar-refractivity contribution >= 4 is 40.0 Å². The molecular weight excluding hydrogens is 523 g/mol. The third-order valence-corrected chi connectivity index (χ3v) is 7.69. The van der Waals surface area contributed by atoms with Crippen LogP contribution in [0.15, 0.2) is 64.5 Å². The Balaban J connectivity index is 0.00000341. The number of nitrogens with zero attached hydrogens (tertiary/aromatic N) is 2. The summed E-state index contributed by atoms with van der Waals surface area (Å²) in [6.07, 6.45) is 3.56. The topological polar surface area (TPSA) is 73.8 Å². The summed E-state index contributed by atoms with van der Waals surface area (Å²) >= 11 is 0. The third-order valence-electron chi connectivity index (χ3n) is 5.77. The fourth-order valence-electron chi connectivity index (χ4n) is 3.80. The first-order valence-corrected chi connectivity index (χ1v) is 11.9. The summed E-state index contributed by atoms with van der Waals surface area (Å²) in [7, 11) is -0.422. The number of benzene rings is 2. The molecule has 0 radical (unpaired) electrons. The smallest absolute Gasteiger partial charge is 0.242 e. The molecule has 2 aromatic rings. The SMILES string of the molecule is CCNC(=NCc1ccccc1S(=O)(=O)N(C)C)NCC1(c2ccccc2)CCC1.I. The second-order valence-electron chi connectivity index (χ2n) is 7.94. The molecule has 0 amide bonds. The molecule has 0 saturated heterocycles. The average Bonchev–Trinajstić information content (AvgIpc) is 2.72. The highest BCUT2D eigenvalue weighted by Gasteiger charge is 2.38. The van der Waals surface area contributed by atoms with Gasteiger partial charge in [0, 0.05) is 32.6 Å². The minimum atomic E-state index is -3.51. The molecule has 6 nitrogen and oxygen atoms in total. The van der Waals surface area contributed by atoms with Gasteiger partial charge in [0.25, 0.3) is 0 Å². The normalized spacial score (nSPS) is 15.7. The maximum absolute atomic E-state index is 12.6. The van der Waals surface area contributed by atoms with E-state index in [2.05, 4.69) is 39.9 Å². The molecule has 1 aliphatic carbocycles. The first kappa shape index (κ1) is 25.6. The zero-order chi connectivity index (χ0) is 21.6. The van der Waals surface area contributed by atoms with Crippen LogP contribution in [0.1, 0.15) is 37.3 Å². The molecule has 0 heterocycles. The molecular formula is C23H33IN4O2S. The second kappa shape index (κ2) is 11.3. The minimum absolute atomic E-state index is 0. The Morgan fingerprint density at radius 1 is 1.03 bits per heavy atom. The van der Waals surface area contributed by atoms with Gasteiger partial charge in [0.2, 0.25) is 10.0 Å². The predicted molar refractivity (Wildman–Crippen MR) is 138 cm³/mol. The molecule has 0 aliphatic heterocycles. The number of halogens is 1. The summed E-state index contributed by atoms with van der Waals surface area (Å²) in [4.78, 5) is 4.98. The summed E-state index contributed by atoms with van der Waals surface area (Å²) in [5.41, 5.74) is 2.19. The van der Waals surface area contributed by atoms with Crippen molar-refractivity contribution in [1.29, 1.82) is 0 Å². The number of hydrogen-bond donors (Lipinski definition) is 2. The van der Waals surface area contributed by atoms with Gasteiger partial charge in [-0.15, -0.1) is 24.0 Å². The maximum atomic E-state index is 12.6. The Kier molecular flexibility index (Phi) is 9.32. The molecule has 1 aliphatic rings. The molecule has 0 spiro atoms. The van der Waals surface area contributed by atoms with Crippen LogP contribution in [-0.2, 0) is 22.0 Å². The van der Waals surface area contributed by atoms with Gasteiger partial charge >= 0.3 is 0 Å². The van der Waals surface area contributed by atoms with Gasteiger partial charge in [-0.3, -0.25) is 0 Å². The Hall–Kier alpha value is -1.65. The molecule has 2 N–H and O–H groups in total. The van der Waals surface area contributed by atoms with Crippen molar-refractivity contribution in [2.45, 2.75) is 43.0 Å². The standard InChI is InChI=1S/C23H32N4O2S.HI/c1-4-24-22(26-18-23(15-10-16-23)20-12-6-5-7-13-20)25-17-19-11-8-9-14-21(19)30(28,29)27(2)3;/h5-9,11-14H,4,10,15-18H2,1-3H3,(H2,24,25,26);1H. The van der Waals surface area contributed by atoms with Gasteiger partial charge < -0.3 is 10.6 Å². The van der Waals surface area contributed by atoms with E-state index in [0.717, 1.165) is 25.9 Å². The van der Waals surface area contributed by atoms with Crippen molar-refractivity contribution in [2.24, 2.45) is 4.99 Å². The Morgan fingerprint density at radius 3 is 2.26 bits per heavy atom. The fourth-order valence-corrected chi connectivity index (χ4v) is 4.91. The molecule has 0 atom stereocenters. The monoisotopic (exact) mass is 556 g/mol. The van der Waals surface area contributed by atoms with Gasteiger partial charge in [0.15, 0.2) is 5.96 Å². The van der Waals surface area contributed by atoms with Gasteiger partial charge in [0.1, 0.15) is 0 Å². The Labute approximate surface area is 203 Å². The van der Waals surface area contributed by atoms with E-state index in [9.17, 15) is 8.42 Å². The van der Waals surface area contributed by atoms with Crippen LogP contribution in [0.3, 0.4) is 0 Å². The summed E-state index contributed by atoms with van der Waals surface area (Å²) in [5.74, 6) is 0.705. The van der Waals surface area contributed by atoms with Crippen molar-refractivity contribution in [3.8, 4) is 0 Å². The summed E-state index contributed by atoms with van der Waals surface area (Å²) in [5, 5.41) is 6.78. The molecule has 31 heavy (non-hydrogen) atoms. The number of rotatable bonds is 8. The van der Waals surface area contributed by atoms with Crippen molar-refractivity contribution < 1.29 is 8.42 Å². The van der Waals surface area contributed by atoms with Crippen molar-refractivity contribution in [1.82, 2.24) is 14.9 Å². The lowest BCUT2D eigenvalue weighted by Crippen LogP contribution is -2.48. The molecule has 170 valence electrons. The molecule has 3 rings (SSSR count). The van der Waals surface area contributed by atoms with Crippen molar-refractivity contribution in [3.63, 3.8) is 0 Å². The zero-order valence-electron chi connectivity index (χ0n) is 18.5. The molecule has 1 saturated carbocycles. The van der Waals surface area contributed by atoms with Crippen LogP contribution < -0.4 is 10.6 Å². The van der Waals surface area contributed by atoms with E-state index in [0.29, 0.717) is 16.4 Å². The lowest BCUT2D eigenvalue weighted by molar-refractivity contribution is 0.244. The zero-order valence-corrected chi connectivity index (χ0v) is 21.6. The van der Waals surface area contributed by atoms with E-state index in [-0.39, 0.29) is 35.9 Å². The number of nitrogens with one attached hydrogen (secondary N) is 2. The van der Waals surface area contributed by atoms with Crippen molar-refractivity contribution in [2.75, 3.05) is 27.2 Å². The minimum Gasteiger partial charge on any atom is -0.357 e. The van der Waals surface area contributed by atoms with Crippen LogP contribution in [-0.4, -0.2) is 45.9 Å². The van der Waals surface area contributed by atoms with E-state index in [1.165, 1.54) is 16.3 Å². The molecule has 0 bridgehead atoms. The van der Waals surface area contributed by atoms with Gasteiger partial charge in [-0.1, -0.05) is 55.0 Å². The maximum Gasteiger partial charge on any atom is 0.242 e. The number of hydrogen-bond acceptors (Lipinski definition) is 3. The predicted octanol–water partition coefficient (Wildman–Crippen LogP) is 3.73. The fraction of sp³-hybridized carbons (Fsp3) is 0.435. The van der Waals surface area contributed by atoms with Gasteiger partial charge in [0.05, 0.1) is 11.4 Å². The second-order valence-corrected chi connectivity index (χ2v) is 10.1. The molecule has 0 unspecified atom stereocenters. The van der Waals surface area contributed by atoms with Crippen LogP contribution in [0.4, 0.5) is 0 Å². The highest BCUT2D eigenvalue weighted by Crippen LogP contribution is 2.43. The first-order valence-electron chi connectivity index (χ1n) is 10.5. The average molecular weight is 557 g/mol. The quantitative estimate of drug-likeness (QED) is 0.295. The van der Waals surface area contributed by atoms with E-state index < -0.39 is 10.0 Å². The number of sulfonamides is 1. The lowest BCUT2D eigenvalue weighted by atomic mass is 9.64. The third kappa shape index (κ3) is 5.98. The van der Waals surface area contributed by atoms with Crippen LogP contribution in [0.5, 0.6) is 0 Å². The van der Waals surface area contributed by atoms with Crippen LogP contribution in [0, 0.1) is 0 Å². The van der Waals surface area contributed by atoms with E-state index in [4.69, 9.17) is 0 Å². The van der Waals surface area contributed by atoms with Gasteiger partial charge in [-0.25, -0.2) is 17.7 Å². The highest BCUT2D eigenvalue weighted by atomic mass is 127. The van der Waals surface area contributed by atoms with E-state index in [1.807, 2.05) is 25.1 Å². The molecule has 8 heteroatoms. The van der Waals surface area contributed by atoms with Crippen LogP contribution >= 0.6 is 24.0 Å². The summed E-state index contributed by atoms with van der Waals surface area (Å²) < 4.78 is 26.5. The first-order chi connectivity index (χ1) is 14.4. The number of guanidine groups is 1. The van der Waals surface area contributed by atoms with Gasteiger partial charge in [-0.2, -0.15) is 0 Å². The highest BCUT2D eigenvalue weighted by molar-refractivity contribution is 14.0. The van der Waals surface area contributed by atoms with Crippen LogP contribution in [0.2, 0.25) is 0 Å². The molecule has 0 aromatic heterocycles. The lowest BCUT2D eigenvalue weighted by Gasteiger charge is -2.43. The Morgan fingerprint density at radius 2 is 1.68 bits per heavy atom. The molecule has 2 aromatic carbocycles.